The first-order valence-electron chi connectivity index (χ1n) is 7.96. The van der Waals surface area contributed by atoms with Crippen molar-refractivity contribution in [2.75, 3.05) is 21.3 Å². The van der Waals surface area contributed by atoms with E-state index in [-0.39, 0.29) is 6.10 Å². The van der Waals surface area contributed by atoms with E-state index in [1.165, 1.54) is 40.6 Å². The average Bonchev–Trinajstić information content (AvgIpc) is 2.52. The highest BCUT2D eigenvalue weighted by molar-refractivity contribution is 5.87. The van der Waals surface area contributed by atoms with Crippen LogP contribution >= 0.6 is 0 Å². The number of hydrogen-bond donors (Lipinski definition) is 0. The minimum Gasteiger partial charge on any atom is -0.459 e. The van der Waals surface area contributed by atoms with E-state index in [9.17, 15) is 4.79 Å². The first-order valence-corrected chi connectivity index (χ1v) is 7.96. The van der Waals surface area contributed by atoms with Crippen LogP contribution in [-0.2, 0) is 23.7 Å². The van der Waals surface area contributed by atoms with Gasteiger partial charge < -0.3 is 18.9 Å². The van der Waals surface area contributed by atoms with Crippen molar-refractivity contribution in [3.05, 3.63) is 12.2 Å². The predicted octanol–water partition coefficient (Wildman–Crippen LogP) is 3.82. The lowest BCUT2D eigenvalue weighted by atomic mass is 10.0. The topological polar surface area (TPSA) is 54.0 Å². The molecule has 130 valence electrons. The minimum atomic E-state index is -1.19. The van der Waals surface area contributed by atoms with Crippen LogP contribution in [0.5, 0.6) is 0 Å². The molecule has 0 radical (unpaired) electrons. The zero-order valence-electron chi connectivity index (χ0n) is 14.8. The van der Waals surface area contributed by atoms with Gasteiger partial charge >= 0.3 is 5.97 Å². The fraction of sp³-hybridized carbons (Fsp3) is 0.824. The minimum absolute atomic E-state index is 0.323. The van der Waals surface area contributed by atoms with E-state index in [0.717, 1.165) is 19.3 Å². The summed E-state index contributed by atoms with van der Waals surface area (Å²) in [4.78, 5) is 11.8. The highest BCUT2D eigenvalue weighted by atomic mass is 16.9. The summed E-state index contributed by atoms with van der Waals surface area (Å²) in [6.45, 7) is 7.44. The van der Waals surface area contributed by atoms with Gasteiger partial charge in [-0.05, 0) is 19.8 Å². The van der Waals surface area contributed by atoms with E-state index in [4.69, 9.17) is 18.9 Å². The van der Waals surface area contributed by atoms with Crippen molar-refractivity contribution >= 4 is 5.97 Å². The van der Waals surface area contributed by atoms with Crippen LogP contribution in [0.2, 0.25) is 0 Å². The highest BCUT2D eigenvalue weighted by Gasteiger charge is 2.35. The molecule has 0 aliphatic rings. The quantitative estimate of drug-likeness (QED) is 0.224. The Bertz CT molecular complexity index is 315. The van der Waals surface area contributed by atoms with E-state index >= 15 is 0 Å². The molecule has 0 bridgehead atoms. The number of carbonyl (C=O) groups excluding carboxylic acids is 1. The maximum Gasteiger partial charge on any atom is 0.333 e. The Hall–Kier alpha value is -0.910. The summed E-state index contributed by atoms with van der Waals surface area (Å²) in [5.41, 5.74) is 0.383. The third-order valence-electron chi connectivity index (χ3n) is 3.66. The molecule has 0 heterocycles. The summed E-state index contributed by atoms with van der Waals surface area (Å²) in [5, 5.41) is 0. The van der Waals surface area contributed by atoms with Gasteiger partial charge in [-0.3, -0.25) is 0 Å². The molecule has 0 N–H and O–H groups in total. The van der Waals surface area contributed by atoms with Gasteiger partial charge in [-0.15, -0.1) is 0 Å². The van der Waals surface area contributed by atoms with Crippen molar-refractivity contribution in [2.24, 2.45) is 0 Å². The first kappa shape index (κ1) is 21.1. The number of rotatable bonds is 13. The SMILES string of the molecule is C=C(C)C(=O)OC(CCCCCCC)CC(OC)(OC)OC. The van der Waals surface area contributed by atoms with Crippen molar-refractivity contribution in [3.8, 4) is 0 Å². The molecule has 0 fully saturated rings. The van der Waals surface area contributed by atoms with E-state index in [1.807, 2.05) is 0 Å². The molecule has 0 aromatic heterocycles. The molecule has 0 aliphatic heterocycles. The van der Waals surface area contributed by atoms with Crippen molar-refractivity contribution in [2.45, 2.75) is 70.9 Å². The fourth-order valence-corrected chi connectivity index (χ4v) is 2.21. The van der Waals surface area contributed by atoms with Gasteiger partial charge in [0.05, 0.1) is 6.42 Å². The molecule has 1 unspecified atom stereocenters. The Labute approximate surface area is 135 Å². The second kappa shape index (κ2) is 11.6. The van der Waals surface area contributed by atoms with E-state index < -0.39 is 11.9 Å². The zero-order valence-corrected chi connectivity index (χ0v) is 14.8. The largest absolute Gasteiger partial charge is 0.459 e. The van der Waals surface area contributed by atoms with Gasteiger partial charge in [0.2, 0.25) is 0 Å². The molecule has 0 aliphatic carbocycles. The number of methoxy groups -OCH3 is 3. The Morgan fingerprint density at radius 2 is 1.59 bits per heavy atom. The lowest BCUT2D eigenvalue weighted by molar-refractivity contribution is -0.361. The summed E-state index contributed by atoms with van der Waals surface area (Å²) in [6.07, 6.45) is 6.48. The highest BCUT2D eigenvalue weighted by Crippen LogP contribution is 2.24. The van der Waals surface area contributed by atoms with E-state index in [0.29, 0.717) is 12.0 Å². The third-order valence-corrected chi connectivity index (χ3v) is 3.66. The monoisotopic (exact) mass is 316 g/mol. The van der Waals surface area contributed by atoms with Gasteiger partial charge in [0.15, 0.2) is 0 Å². The standard InChI is InChI=1S/C17H32O5/c1-7-8-9-10-11-12-15(22-16(18)14(2)3)13-17(19-4,20-5)21-6/h15H,2,7-13H2,1,3-6H3. The maximum absolute atomic E-state index is 11.8. The molecular weight excluding hydrogens is 284 g/mol. The number of esters is 1. The van der Waals surface area contributed by atoms with Gasteiger partial charge in [0.25, 0.3) is 5.97 Å². The number of hydrogen-bond acceptors (Lipinski definition) is 5. The van der Waals surface area contributed by atoms with Crippen LogP contribution in [0.1, 0.15) is 58.8 Å². The van der Waals surface area contributed by atoms with Gasteiger partial charge in [-0.2, -0.15) is 0 Å². The molecule has 0 amide bonds. The molecule has 0 aromatic rings. The van der Waals surface area contributed by atoms with Crippen LogP contribution in [0.4, 0.5) is 0 Å². The third kappa shape index (κ3) is 7.92. The Morgan fingerprint density at radius 1 is 1.05 bits per heavy atom. The maximum atomic E-state index is 11.8. The molecule has 0 rings (SSSR count). The number of ether oxygens (including phenoxy) is 4. The van der Waals surface area contributed by atoms with Crippen molar-refractivity contribution in [1.29, 1.82) is 0 Å². The Balaban J connectivity index is 4.63. The molecule has 22 heavy (non-hydrogen) atoms. The fourth-order valence-electron chi connectivity index (χ4n) is 2.21. The second-order valence-electron chi connectivity index (χ2n) is 5.51. The molecular formula is C17H32O5. The molecule has 5 nitrogen and oxygen atoms in total. The van der Waals surface area contributed by atoms with Crippen molar-refractivity contribution in [1.82, 2.24) is 0 Å². The van der Waals surface area contributed by atoms with Gasteiger partial charge in [-0.25, -0.2) is 4.79 Å². The molecule has 0 saturated heterocycles. The summed E-state index contributed by atoms with van der Waals surface area (Å²) >= 11 is 0. The Morgan fingerprint density at radius 3 is 2.05 bits per heavy atom. The molecule has 0 aromatic carbocycles. The number of unbranched alkanes of at least 4 members (excludes halogenated alkanes) is 4. The van der Waals surface area contributed by atoms with Crippen molar-refractivity contribution < 1.29 is 23.7 Å². The van der Waals surface area contributed by atoms with Crippen LogP contribution in [0.25, 0.3) is 0 Å². The van der Waals surface area contributed by atoms with Gasteiger partial charge in [0, 0.05) is 26.9 Å². The van der Waals surface area contributed by atoms with E-state index in [2.05, 4.69) is 13.5 Å². The van der Waals surface area contributed by atoms with Crippen LogP contribution in [0.15, 0.2) is 12.2 Å². The van der Waals surface area contributed by atoms with Crippen molar-refractivity contribution in [3.63, 3.8) is 0 Å². The molecule has 0 spiro atoms. The van der Waals surface area contributed by atoms with Crippen LogP contribution in [-0.4, -0.2) is 39.4 Å². The van der Waals surface area contributed by atoms with Gasteiger partial charge in [-0.1, -0.05) is 39.2 Å². The Kier molecular flexibility index (Phi) is 11.1. The lowest BCUT2D eigenvalue weighted by Gasteiger charge is -2.32. The number of carbonyl (C=O) groups is 1. The summed E-state index contributed by atoms with van der Waals surface area (Å²) < 4.78 is 21.4. The second-order valence-corrected chi connectivity index (χ2v) is 5.51. The molecule has 5 heteroatoms. The normalized spacial score (nSPS) is 13.0. The molecule has 1 atom stereocenters. The lowest BCUT2D eigenvalue weighted by Crippen LogP contribution is -2.40. The summed E-state index contributed by atoms with van der Waals surface area (Å²) in [5.74, 6) is -1.58. The summed E-state index contributed by atoms with van der Waals surface area (Å²) in [7, 11) is 4.52. The zero-order chi connectivity index (χ0) is 17.0. The molecule has 0 saturated carbocycles. The van der Waals surface area contributed by atoms with Crippen LogP contribution < -0.4 is 0 Å². The first-order chi connectivity index (χ1) is 10.4. The van der Waals surface area contributed by atoms with Crippen LogP contribution in [0, 0.1) is 0 Å². The predicted molar refractivity (Wildman–Crippen MR) is 86.4 cm³/mol. The van der Waals surface area contributed by atoms with Gasteiger partial charge in [0.1, 0.15) is 6.10 Å². The summed E-state index contributed by atoms with van der Waals surface area (Å²) in [6, 6.07) is 0. The average molecular weight is 316 g/mol. The van der Waals surface area contributed by atoms with Crippen LogP contribution in [0.3, 0.4) is 0 Å². The van der Waals surface area contributed by atoms with E-state index in [1.54, 1.807) is 6.92 Å². The smallest absolute Gasteiger partial charge is 0.333 e.